The molecule has 2 nitrogen and oxygen atoms in total. The molecule has 0 heterocycles. The third-order valence-electron chi connectivity index (χ3n) is 3.35. The first kappa shape index (κ1) is 16.9. The molecule has 1 rings (SSSR count). The summed E-state index contributed by atoms with van der Waals surface area (Å²) in [4.78, 5) is 0. The average Bonchev–Trinajstić information content (AvgIpc) is 2.36. The lowest BCUT2D eigenvalue weighted by molar-refractivity contribution is -0.140. The third kappa shape index (κ3) is 4.45. The zero-order valence-electron chi connectivity index (χ0n) is 11.7. The van der Waals surface area contributed by atoms with Crippen molar-refractivity contribution < 1.29 is 22.3 Å². The predicted octanol–water partition coefficient (Wildman–Crippen LogP) is 3.57. The smallest absolute Gasteiger partial charge is 0.383 e. The maximum Gasteiger partial charge on any atom is 0.419 e. The van der Waals surface area contributed by atoms with Crippen molar-refractivity contribution >= 4 is 0 Å². The van der Waals surface area contributed by atoms with E-state index in [9.17, 15) is 17.6 Å². The summed E-state index contributed by atoms with van der Waals surface area (Å²) in [6, 6.07) is 3.08. The highest BCUT2D eigenvalue weighted by Gasteiger charge is 2.34. The molecule has 0 aliphatic rings. The molecule has 114 valence electrons. The van der Waals surface area contributed by atoms with Crippen molar-refractivity contribution in [3.63, 3.8) is 0 Å². The van der Waals surface area contributed by atoms with Crippen LogP contribution in [-0.4, -0.2) is 26.3 Å². The number of halogens is 4. The fourth-order valence-corrected chi connectivity index (χ4v) is 1.90. The number of hydrogen-bond acceptors (Lipinski definition) is 2. The molecule has 0 spiro atoms. The molecule has 1 N–H and O–H groups in total. The van der Waals surface area contributed by atoms with Gasteiger partial charge in [0.15, 0.2) is 0 Å². The molecular weight excluding hydrogens is 274 g/mol. The van der Waals surface area contributed by atoms with Gasteiger partial charge in [-0.2, -0.15) is 13.2 Å². The molecule has 20 heavy (non-hydrogen) atoms. The Hall–Kier alpha value is -1.14. The Bertz CT molecular complexity index is 434. The SMILES string of the molecule is COCCNC(C)C(C)c1ccc(C(F)(F)F)c(F)c1. The first-order valence-electron chi connectivity index (χ1n) is 6.36. The van der Waals surface area contributed by atoms with Crippen LogP contribution in [0.25, 0.3) is 0 Å². The predicted molar refractivity (Wildman–Crippen MR) is 69.2 cm³/mol. The zero-order valence-corrected chi connectivity index (χ0v) is 11.7. The van der Waals surface area contributed by atoms with Gasteiger partial charge in [0.2, 0.25) is 0 Å². The largest absolute Gasteiger partial charge is 0.419 e. The highest BCUT2D eigenvalue weighted by molar-refractivity contribution is 5.29. The van der Waals surface area contributed by atoms with Crippen molar-refractivity contribution in [2.75, 3.05) is 20.3 Å². The molecule has 0 amide bonds. The monoisotopic (exact) mass is 293 g/mol. The summed E-state index contributed by atoms with van der Waals surface area (Å²) in [5, 5.41) is 3.18. The van der Waals surface area contributed by atoms with E-state index in [4.69, 9.17) is 4.74 Å². The van der Waals surface area contributed by atoms with Crippen molar-refractivity contribution in [2.45, 2.75) is 32.0 Å². The lowest BCUT2D eigenvalue weighted by Crippen LogP contribution is -2.33. The highest BCUT2D eigenvalue weighted by atomic mass is 19.4. The van der Waals surface area contributed by atoms with Crippen LogP contribution in [0.2, 0.25) is 0 Å². The van der Waals surface area contributed by atoms with Gasteiger partial charge in [-0.15, -0.1) is 0 Å². The van der Waals surface area contributed by atoms with Crippen LogP contribution in [0.1, 0.15) is 30.9 Å². The van der Waals surface area contributed by atoms with Gasteiger partial charge >= 0.3 is 6.18 Å². The average molecular weight is 293 g/mol. The molecule has 0 aliphatic carbocycles. The van der Waals surface area contributed by atoms with E-state index in [-0.39, 0.29) is 12.0 Å². The molecule has 0 aromatic heterocycles. The maximum atomic E-state index is 13.5. The van der Waals surface area contributed by atoms with Gasteiger partial charge in [0.05, 0.1) is 12.2 Å². The third-order valence-corrected chi connectivity index (χ3v) is 3.35. The number of hydrogen-bond donors (Lipinski definition) is 1. The molecule has 0 saturated carbocycles. The van der Waals surface area contributed by atoms with E-state index in [1.807, 2.05) is 13.8 Å². The first-order chi connectivity index (χ1) is 9.27. The molecule has 1 aromatic carbocycles. The Morgan fingerprint density at radius 1 is 1.25 bits per heavy atom. The normalized spacial score (nSPS) is 15.2. The standard InChI is InChI=1S/C14H19F4NO/c1-9(10(2)19-6-7-20-3)11-4-5-12(13(15)8-11)14(16,17)18/h4-5,8-10,19H,6-7H2,1-3H3. The Morgan fingerprint density at radius 3 is 2.40 bits per heavy atom. The number of benzene rings is 1. The van der Waals surface area contributed by atoms with Gasteiger partial charge in [-0.1, -0.05) is 13.0 Å². The number of ether oxygens (including phenoxy) is 1. The van der Waals surface area contributed by atoms with Gasteiger partial charge in [0.25, 0.3) is 0 Å². The second-order valence-electron chi connectivity index (χ2n) is 4.76. The Labute approximate surface area is 116 Å². The van der Waals surface area contributed by atoms with Gasteiger partial charge in [0, 0.05) is 19.7 Å². The van der Waals surface area contributed by atoms with E-state index in [0.29, 0.717) is 18.7 Å². The summed E-state index contributed by atoms with van der Waals surface area (Å²) in [5.74, 6) is -1.34. The lowest BCUT2D eigenvalue weighted by atomic mass is 9.93. The van der Waals surface area contributed by atoms with Crippen molar-refractivity contribution in [2.24, 2.45) is 0 Å². The summed E-state index contributed by atoms with van der Waals surface area (Å²) in [7, 11) is 1.58. The van der Waals surface area contributed by atoms with Crippen LogP contribution >= 0.6 is 0 Å². The highest BCUT2D eigenvalue weighted by Crippen LogP contribution is 2.33. The van der Waals surface area contributed by atoms with Crippen LogP contribution in [0.3, 0.4) is 0 Å². The molecule has 0 radical (unpaired) electrons. The number of alkyl halides is 3. The first-order valence-corrected chi connectivity index (χ1v) is 6.36. The number of methoxy groups -OCH3 is 1. The van der Waals surface area contributed by atoms with Crippen LogP contribution in [0, 0.1) is 5.82 Å². The molecular formula is C14H19F4NO. The zero-order chi connectivity index (χ0) is 15.3. The van der Waals surface area contributed by atoms with Crippen molar-refractivity contribution in [1.29, 1.82) is 0 Å². The fraction of sp³-hybridized carbons (Fsp3) is 0.571. The topological polar surface area (TPSA) is 21.3 Å². The van der Waals surface area contributed by atoms with E-state index in [1.54, 1.807) is 7.11 Å². The maximum absolute atomic E-state index is 13.5. The van der Waals surface area contributed by atoms with Crippen molar-refractivity contribution in [1.82, 2.24) is 5.32 Å². The Morgan fingerprint density at radius 2 is 1.90 bits per heavy atom. The summed E-state index contributed by atoms with van der Waals surface area (Å²) in [5.41, 5.74) is -0.693. The quantitative estimate of drug-likeness (QED) is 0.639. The fourth-order valence-electron chi connectivity index (χ4n) is 1.90. The summed E-state index contributed by atoms with van der Waals surface area (Å²) < 4.78 is 55.9. The van der Waals surface area contributed by atoms with E-state index >= 15 is 0 Å². The molecule has 6 heteroatoms. The minimum atomic E-state index is -4.66. The minimum Gasteiger partial charge on any atom is -0.383 e. The molecule has 0 bridgehead atoms. The molecule has 0 fully saturated rings. The molecule has 0 aliphatic heterocycles. The molecule has 2 unspecified atom stereocenters. The Kier molecular flexibility index (Phi) is 5.95. The van der Waals surface area contributed by atoms with E-state index in [2.05, 4.69) is 5.32 Å². The van der Waals surface area contributed by atoms with E-state index in [0.717, 1.165) is 12.1 Å². The minimum absolute atomic E-state index is 0.00119. The van der Waals surface area contributed by atoms with Crippen LogP contribution in [0.15, 0.2) is 18.2 Å². The summed E-state index contributed by atoms with van der Waals surface area (Å²) in [6.45, 7) is 4.91. The molecule has 0 saturated heterocycles. The van der Waals surface area contributed by atoms with Crippen LogP contribution < -0.4 is 5.32 Å². The van der Waals surface area contributed by atoms with Gasteiger partial charge in [0.1, 0.15) is 5.82 Å². The van der Waals surface area contributed by atoms with E-state index < -0.39 is 17.6 Å². The Balaban J connectivity index is 2.79. The van der Waals surface area contributed by atoms with Crippen molar-refractivity contribution in [3.05, 3.63) is 35.1 Å². The lowest BCUT2D eigenvalue weighted by Gasteiger charge is -2.22. The molecule has 2 atom stereocenters. The second kappa shape index (κ2) is 7.04. The van der Waals surface area contributed by atoms with Crippen LogP contribution in [-0.2, 0) is 10.9 Å². The van der Waals surface area contributed by atoms with Crippen molar-refractivity contribution in [3.8, 4) is 0 Å². The van der Waals surface area contributed by atoms with Crippen LogP contribution in [0.4, 0.5) is 17.6 Å². The number of nitrogens with one attached hydrogen (secondary N) is 1. The van der Waals surface area contributed by atoms with Gasteiger partial charge < -0.3 is 10.1 Å². The second-order valence-corrected chi connectivity index (χ2v) is 4.76. The van der Waals surface area contributed by atoms with Gasteiger partial charge in [-0.05, 0) is 30.5 Å². The van der Waals surface area contributed by atoms with E-state index in [1.165, 1.54) is 6.07 Å². The molecule has 1 aromatic rings. The summed E-state index contributed by atoms with van der Waals surface area (Å²) in [6.07, 6.45) is -4.66. The summed E-state index contributed by atoms with van der Waals surface area (Å²) >= 11 is 0. The number of rotatable bonds is 6. The van der Waals surface area contributed by atoms with Gasteiger partial charge in [-0.25, -0.2) is 4.39 Å². The van der Waals surface area contributed by atoms with Crippen LogP contribution in [0.5, 0.6) is 0 Å². The van der Waals surface area contributed by atoms with Gasteiger partial charge in [-0.3, -0.25) is 0 Å².